The van der Waals surface area contributed by atoms with Crippen molar-refractivity contribution >= 4 is 5.97 Å². The summed E-state index contributed by atoms with van der Waals surface area (Å²) >= 11 is 0. The van der Waals surface area contributed by atoms with Gasteiger partial charge in [0.15, 0.2) is 0 Å². The number of aliphatic hydroxyl groups is 4. The number of ether oxygens (including phenoxy) is 2. The van der Waals surface area contributed by atoms with Crippen LogP contribution < -0.4 is 4.74 Å². The molecule has 2 aromatic rings. The summed E-state index contributed by atoms with van der Waals surface area (Å²) in [6.45, 7) is -0.575. The molecular weight excluding hydrogens is 356 g/mol. The third-order valence-corrected chi connectivity index (χ3v) is 4.43. The minimum atomic E-state index is -1.57. The van der Waals surface area contributed by atoms with Gasteiger partial charge < -0.3 is 35.0 Å². The van der Waals surface area contributed by atoms with E-state index in [-0.39, 0.29) is 11.3 Å². The number of carboxylic acids is 1. The van der Waals surface area contributed by atoms with Crippen molar-refractivity contribution in [3.63, 3.8) is 0 Å². The van der Waals surface area contributed by atoms with E-state index in [0.29, 0.717) is 11.1 Å². The number of aromatic carboxylic acids is 1. The van der Waals surface area contributed by atoms with Gasteiger partial charge in [-0.25, -0.2) is 4.79 Å². The van der Waals surface area contributed by atoms with Crippen LogP contribution in [-0.2, 0) is 4.74 Å². The maximum atomic E-state index is 11.5. The molecule has 1 heterocycles. The van der Waals surface area contributed by atoms with Crippen LogP contribution in [0.1, 0.15) is 10.4 Å². The van der Waals surface area contributed by atoms with E-state index < -0.39 is 43.3 Å². The highest BCUT2D eigenvalue weighted by Crippen LogP contribution is 2.34. The molecule has 0 unspecified atom stereocenters. The average molecular weight is 376 g/mol. The van der Waals surface area contributed by atoms with Gasteiger partial charge in [-0.3, -0.25) is 0 Å². The lowest BCUT2D eigenvalue weighted by molar-refractivity contribution is -0.277. The van der Waals surface area contributed by atoms with E-state index in [1.54, 1.807) is 42.5 Å². The topological polar surface area (TPSA) is 137 Å². The Bertz CT molecular complexity index is 806. The highest BCUT2D eigenvalue weighted by Gasteiger charge is 2.44. The second kappa shape index (κ2) is 8.03. The second-order valence-electron chi connectivity index (χ2n) is 6.16. The Labute approximate surface area is 154 Å². The lowest BCUT2D eigenvalue weighted by Gasteiger charge is -2.39. The van der Waals surface area contributed by atoms with Crippen LogP contribution in [-0.4, -0.2) is 68.8 Å². The lowest BCUT2D eigenvalue weighted by atomic mass is 9.98. The van der Waals surface area contributed by atoms with Gasteiger partial charge in [-0.15, -0.1) is 0 Å². The lowest BCUT2D eigenvalue weighted by Crippen LogP contribution is -2.60. The molecule has 3 rings (SSSR count). The molecule has 1 aliphatic rings. The summed E-state index contributed by atoms with van der Waals surface area (Å²) in [5.41, 5.74) is 0.931. The molecular formula is C19H20O8. The molecule has 0 amide bonds. The van der Waals surface area contributed by atoms with Crippen molar-refractivity contribution in [1.82, 2.24) is 0 Å². The van der Waals surface area contributed by atoms with Gasteiger partial charge >= 0.3 is 5.97 Å². The van der Waals surface area contributed by atoms with E-state index >= 15 is 0 Å². The predicted molar refractivity (Wildman–Crippen MR) is 93.2 cm³/mol. The number of rotatable bonds is 5. The highest BCUT2D eigenvalue weighted by molar-refractivity contribution is 5.96. The molecule has 1 aliphatic heterocycles. The first kappa shape index (κ1) is 19.3. The molecule has 0 aliphatic carbocycles. The van der Waals surface area contributed by atoms with Crippen molar-refractivity contribution in [1.29, 1.82) is 0 Å². The molecule has 27 heavy (non-hydrogen) atoms. The zero-order chi connectivity index (χ0) is 19.6. The summed E-state index contributed by atoms with van der Waals surface area (Å²) < 4.78 is 11.0. The normalized spacial score (nSPS) is 27.9. The van der Waals surface area contributed by atoms with E-state index in [1.807, 2.05) is 0 Å². The van der Waals surface area contributed by atoms with Crippen molar-refractivity contribution in [2.45, 2.75) is 30.7 Å². The number of carbonyl (C=O) groups is 1. The fourth-order valence-electron chi connectivity index (χ4n) is 2.99. The largest absolute Gasteiger partial charge is 0.478 e. The van der Waals surface area contributed by atoms with Crippen LogP contribution in [0.4, 0.5) is 0 Å². The van der Waals surface area contributed by atoms with Crippen LogP contribution in [0.5, 0.6) is 5.75 Å². The molecule has 2 aromatic carbocycles. The van der Waals surface area contributed by atoms with Crippen molar-refractivity contribution in [2.75, 3.05) is 6.61 Å². The van der Waals surface area contributed by atoms with Crippen molar-refractivity contribution in [2.24, 2.45) is 0 Å². The van der Waals surface area contributed by atoms with Crippen molar-refractivity contribution < 1.29 is 39.8 Å². The molecule has 0 radical (unpaired) electrons. The Morgan fingerprint density at radius 1 is 0.926 bits per heavy atom. The van der Waals surface area contributed by atoms with Gasteiger partial charge in [-0.1, -0.05) is 36.4 Å². The quantitative estimate of drug-likeness (QED) is 0.500. The maximum Gasteiger partial charge on any atom is 0.336 e. The SMILES string of the molecule is O=C(O)c1ccccc1-c1ccccc1O[C@@H]1O[C@H](CO)[C@@H](O)[C@H](O)[C@@H]1O. The first-order valence-electron chi connectivity index (χ1n) is 8.33. The Hall–Kier alpha value is -2.49. The van der Waals surface area contributed by atoms with Gasteiger partial charge in [-0.2, -0.15) is 0 Å². The first-order valence-corrected chi connectivity index (χ1v) is 8.33. The third-order valence-electron chi connectivity index (χ3n) is 4.43. The van der Waals surface area contributed by atoms with Crippen molar-refractivity contribution in [3.8, 4) is 16.9 Å². The van der Waals surface area contributed by atoms with E-state index in [4.69, 9.17) is 9.47 Å². The zero-order valence-electron chi connectivity index (χ0n) is 14.2. The number of hydrogen-bond acceptors (Lipinski definition) is 7. The third kappa shape index (κ3) is 3.80. The minimum absolute atomic E-state index is 0.0716. The molecule has 144 valence electrons. The molecule has 8 nitrogen and oxygen atoms in total. The smallest absolute Gasteiger partial charge is 0.336 e. The van der Waals surface area contributed by atoms with Gasteiger partial charge in [0.25, 0.3) is 0 Å². The number of para-hydroxylation sites is 1. The van der Waals surface area contributed by atoms with Crippen LogP contribution in [0.15, 0.2) is 48.5 Å². The van der Waals surface area contributed by atoms with Gasteiger partial charge in [-0.05, 0) is 17.7 Å². The number of benzene rings is 2. The highest BCUT2D eigenvalue weighted by atomic mass is 16.7. The monoisotopic (exact) mass is 376 g/mol. The Kier molecular flexibility index (Phi) is 5.73. The molecule has 0 spiro atoms. The number of hydrogen-bond donors (Lipinski definition) is 5. The molecule has 0 saturated carbocycles. The fraction of sp³-hybridized carbons (Fsp3) is 0.316. The van der Waals surface area contributed by atoms with Crippen LogP contribution >= 0.6 is 0 Å². The molecule has 0 bridgehead atoms. The summed E-state index contributed by atoms with van der Waals surface area (Å²) in [6.07, 6.45) is -7.09. The average Bonchev–Trinajstić information content (AvgIpc) is 2.68. The molecule has 5 N–H and O–H groups in total. The van der Waals surface area contributed by atoms with E-state index in [1.165, 1.54) is 6.07 Å². The first-order chi connectivity index (χ1) is 12.9. The maximum absolute atomic E-state index is 11.5. The molecule has 0 aromatic heterocycles. The molecule has 1 fully saturated rings. The number of aliphatic hydroxyl groups excluding tert-OH is 4. The van der Waals surface area contributed by atoms with Crippen LogP contribution in [0.25, 0.3) is 11.1 Å². The van der Waals surface area contributed by atoms with Gasteiger partial charge in [0, 0.05) is 5.56 Å². The van der Waals surface area contributed by atoms with Gasteiger partial charge in [0.05, 0.1) is 12.2 Å². The minimum Gasteiger partial charge on any atom is -0.478 e. The Morgan fingerprint density at radius 2 is 1.56 bits per heavy atom. The van der Waals surface area contributed by atoms with Crippen LogP contribution in [0.2, 0.25) is 0 Å². The van der Waals surface area contributed by atoms with Gasteiger partial charge in [0.1, 0.15) is 30.2 Å². The Balaban J connectivity index is 1.95. The summed E-state index contributed by atoms with van der Waals surface area (Å²) in [5.74, 6) is -0.885. The summed E-state index contributed by atoms with van der Waals surface area (Å²) in [4.78, 5) is 11.5. The van der Waals surface area contributed by atoms with Crippen molar-refractivity contribution in [3.05, 3.63) is 54.1 Å². The Morgan fingerprint density at radius 3 is 2.22 bits per heavy atom. The standard InChI is InChI=1S/C19H20O8/c20-9-14-15(21)16(22)17(23)19(27-14)26-13-8-4-3-6-11(13)10-5-1-2-7-12(10)18(24)25/h1-8,14-17,19-23H,9H2,(H,24,25)/t14-,15-,16+,17+,19-/m1/s1. The predicted octanol–water partition coefficient (Wildman–Crippen LogP) is 0.230. The van der Waals surface area contributed by atoms with Gasteiger partial charge in [0.2, 0.25) is 6.29 Å². The van der Waals surface area contributed by atoms with Crippen LogP contribution in [0, 0.1) is 0 Å². The summed E-state index contributed by atoms with van der Waals surface area (Å²) in [7, 11) is 0. The van der Waals surface area contributed by atoms with E-state index in [9.17, 15) is 30.3 Å². The summed E-state index contributed by atoms with van der Waals surface area (Å²) in [5, 5.41) is 48.6. The molecule has 8 heteroatoms. The van der Waals surface area contributed by atoms with E-state index in [2.05, 4.69) is 0 Å². The number of carboxylic acid groups (broad SMARTS) is 1. The van der Waals surface area contributed by atoms with E-state index in [0.717, 1.165) is 0 Å². The molecule has 5 atom stereocenters. The van der Waals surface area contributed by atoms with Crippen LogP contribution in [0.3, 0.4) is 0 Å². The fourth-order valence-corrected chi connectivity index (χ4v) is 2.99. The summed E-state index contributed by atoms with van der Waals surface area (Å²) in [6, 6.07) is 13.0. The molecule has 1 saturated heterocycles. The second-order valence-corrected chi connectivity index (χ2v) is 6.16. The zero-order valence-corrected chi connectivity index (χ0v) is 14.2.